The number of ether oxygens (including phenoxy) is 1. The fraction of sp³-hybridized carbons (Fsp3) is 0.458. The highest BCUT2D eigenvalue weighted by Crippen LogP contribution is 2.38. The predicted molar refractivity (Wildman–Crippen MR) is 122 cm³/mol. The molecule has 1 aliphatic heterocycles. The van der Waals surface area contributed by atoms with Gasteiger partial charge >= 0.3 is 0 Å². The third-order valence-corrected chi connectivity index (χ3v) is 7.68. The van der Waals surface area contributed by atoms with Crippen molar-refractivity contribution in [2.75, 3.05) is 17.7 Å². The third kappa shape index (κ3) is 4.42. The van der Waals surface area contributed by atoms with Gasteiger partial charge in [0.25, 0.3) is 5.91 Å². The number of benzene rings is 2. The Balaban J connectivity index is 1.62. The highest BCUT2D eigenvalue weighted by atomic mass is 32.2. The van der Waals surface area contributed by atoms with Gasteiger partial charge in [-0.2, -0.15) is 0 Å². The van der Waals surface area contributed by atoms with Crippen LogP contribution < -0.4 is 9.04 Å². The molecule has 4 rings (SSSR count). The molecule has 0 aromatic heterocycles. The van der Waals surface area contributed by atoms with Gasteiger partial charge in [0.05, 0.1) is 19.1 Å². The number of hydrogen-bond donors (Lipinski definition) is 0. The van der Waals surface area contributed by atoms with Crippen molar-refractivity contribution >= 4 is 21.6 Å². The van der Waals surface area contributed by atoms with E-state index in [4.69, 9.17) is 4.74 Å². The number of fused-ring (bicyclic) bond motifs is 1. The van der Waals surface area contributed by atoms with E-state index in [0.717, 1.165) is 29.7 Å². The van der Waals surface area contributed by atoms with Gasteiger partial charge in [-0.1, -0.05) is 12.1 Å². The Hall–Kier alpha value is -2.54. The lowest BCUT2D eigenvalue weighted by Gasteiger charge is -2.30. The zero-order valence-electron chi connectivity index (χ0n) is 18.5. The molecule has 166 valence electrons. The lowest BCUT2D eigenvalue weighted by Crippen LogP contribution is -2.39. The van der Waals surface area contributed by atoms with E-state index in [9.17, 15) is 13.2 Å². The van der Waals surface area contributed by atoms with Crippen LogP contribution in [0.25, 0.3) is 0 Å². The topological polar surface area (TPSA) is 66.9 Å². The van der Waals surface area contributed by atoms with E-state index < -0.39 is 10.0 Å². The standard InChI is InChI=1S/C24H30N2O4S/c1-16-13-21-14-20(9-12-23(21)26(16)31(4,28)29)24(27)25(17(2)19-7-8-19)15-18-5-10-22(30-3)11-6-18/h5-6,9-12,14,16-17,19H,7-8,13,15H2,1-4H3. The summed E-state index contributed by atoms with van der Waals surface area (Å²) in [6.45, 7) is 4.55. The van der Waals surface area contributed by atoms with Crippen molar-refractivity contribution in [3.8, 4) is 5.75 Å². The Morgan fingerprint density at radius 3 is 2.45 bits per heavy atom. The molecule has 0 spiro atoms. The van der Waals surface area contributed by atoms with Gasteiger partial charge in [-0.25, -0.2) is 8.42 Å². The minimum absolute atomic E-state index is 0.0107. The quantitative estimate of drug-likeness (QED) is 0.653. The van der Waals surface area contributed by atoms with Crippen LogP contribution in [0.3, 0.4) is 0 Å². The molecule has 2 aliphatic rings. The van der Waals surface area contributed by atoms with Crippen LogP contribution in [0.4, 0.5) is 5.69 Å². The molecule has 1 heterocycles. The van der Waals surface area contributed by atoms with Gasteiger partial charge in [0.15, 0.2) is 0 Å². The zero-order valence-corrected chi connectivity index (χ0v) is 19.4. The van der Waals surface area contributed by atoms with Crippen molar-refractivity contribution in [3.05, 3.63) is 59.2 Å². The molecule has 6 nitrogen and oxygen atoms in total. The van der Waals surface area contributed by atoms with E-state index >= 15 is 0 Å². The third-order valence-electron chi connectivity index (χ3n) is 6.41. The van der Waals surface area contributed by atoms with E-state index in [0.29, 0.717) is 30.1 Å². The Labute approximate surface area is 184 Å². The molecular weight excluding hydrogens is 412 g/mol. The fourth-order valence-corrected chi connectivity index (χ4v) is 5.83. The summed E-state index contributed by atoms with van der Waals surface area (Å²) < 4.78 is 31.1. The number of carbonyl (C=O) groups excluding carboxylic acids is 1. The van der Waals surface area contributed by atoms with Gasteiger partial charge in [-0.3, -0.25) is 9.10 Å². The first-order chi connectivity index (χ1) is 14.7. The van der Waals surface area contributed by atoms with Gasteiger partial charge < -0.3 is 9.64 Å². The molecule has 1 aliphatic carbocycles. The smallest absolute Gasteiger partial charge is 0.254 e. The summed E-state index contributed by atoms with van der Waals surface area (Å²) in [6, 6.07) is 13.2. The number of rotatable bonds is 7. The number of hydrogen-bond acceptors (Lipinski definition) is 4. The van der Waals surface area contributed by atoms with Gasteiger partial charge in [0.1, 0.15) is 5.75 Å². The molecule has 2 atom stereocenters. The van der Waals surface area contributed by atoms with Crippen molar-refractivity contribution in [3.63, 3.8) is 0 Å². The minimum Gasteiger partial charge on any atom is -0.497 e. The van der Waals surface area contributed by atoms with Crippen LogP contribution in [-0.2, 0) is 23.0 Å². The second kappa shape index (κ2) is 8.19. The number of methoxy groups -OCH3 is 1. The first-order valence-electron chi connectivity index (χ1n) is 10.7. The van der Waals surface area contributed by atoms with Crippen LogP contribution in [0.1, 0.15) is 48.2 Å². The Kier molecular flexibility index (Phi) is 5.73. The maximum absolute atomic E-state index is 13.6. The first kappa shape index (κ1) is 21.7. The molecule has 0 bridgehead atoms. The number of sulfonamides is 1. The van der Waals surface area contributed by atoms with Crippen LogP contribution in [0.5, 0.6) is 5.75 Å². The van der Waals surface area contributed by atoms with Crippen molar-refractivity contribution in [2.45, 2.75) is 51.7 Å². The summed E-state index contributed by atoms with van der Waals surface area (Å²) >= 11 is 0. The summed E-state index contributed by atoms with van der Waals surface area (Å²) in [7, 11) is -1.71. The molecule has 31 heavy (non-hydrogen) atoms. The zero-order chi connectivity index (χ0) is 22.3. The molecule has 0 N–H and O–H groups in total. The SMILES string of the molecule is COc1ccc(CN(C(=O)c2ccc3c(c2)CC(C)N3S(C)(=O)=O)C(C)C2CC2)cc1. The maximum Gasteiger partial charge on any atom is 0.254 e. The number of nitrogens with zero attached hydrogens (tertiary/aromatic N) is 2. The van der Waals surface area contributed by atoms with Crippen molar-refractivity contribution in [1.29, 1.82) is 0 Å². The largest absolute Gasteiger partial charge is 0.497 e. The Bertz CT molecular complexity index is 1080. The molecule has 1 saturated carbocycles. The monoisotopic (exact) mass is 442 g/mol. The van der Waals surface area contributed by atoms with Gasteiger partial charge in [-0.15, -0.1) is 0 Å². The summed E-state index contributed by atoms with van der Waals surface area (Å²) in [5, 5.41) is 0. The maximum atomic E-state index is 13.6. The fourth-order valence-electron chi connectivity index (χ4n) is 4.57. The summed E-state index contributed by atoms with van der Waals surface area (Å²) in [5.74, 6) is 1.32. The molecule has 2 aromatic rings. The average Bonchev–Trinajstić information content (AvgIpc) is 3.52. The normalized spacial score (nSPS) is 19.1. The lowest BCUT2D eigenvalue weighted by atomic mass is 10.0. The van der Waals surface area contributed by atoms with Crippen molar-refractivity contribution < 1.29 is 17.9 Å². The van der Waals surface area contributed by atoms with Crippen molar-refractivity contribution in [2.24, 2.45) is 5.92 Å². The first-order valence-corrected chi connectivity index (χ1v) is 12.6. The molecule has 2 aromatic carbocycles. The number of anilines is 1. The number of amides is 1. The van der Waals surface area contributed by atoms with Crippen molar-refractivity contribution in [1.82, 2.24) is 4.90 Å². The summed E-state index contributed by atoms with van der Waals surface area (Å²) in [5.41, 5.74) is 3.26. The second-order valence-corrected chi connectivity index (χ2v) is 10.7. The lowest BCUT2D eigenvalue weighted by molar-refractivity contribution is 0.0654. The molecule has 1 fully saturated rings. The minimum atomic E-state index is -3.35. The molecule has 0 radical (unpaired) electrons. The Morgan fingerprint density at radius 2 is 1.87 bits per heavy atom. The van der Waals surface area contributed by atoms with Crippen LogP contribution in [0.15, 0.2) is 42.5 Å². The van der Waals surface area contributed by atoms with E-state index in [2.05, 4.69) is 6.92 Å². The molecule has 1 amide bonds. The summed E-state index contributed by atoms with van der Waals surface area (Å²) in [4.78, 5) is 15.5. The van der Waals surface area contributed by atoms with Crippen LogP contribution in [0, 0.1) is 5.92 Å². The van der Waals surface area contributed by atoms with Gasteiger partial charge in [0, 0.05) is 24.2 Å². The predicted octanol–water partition coefficient (Wildman–Crippen LogP) is 3.85. The van der Waals surface area contributed by atoms with E-state index in [1.807, 2.05) is 42.2 Å². The van der Waals surface area contributed by atoms with Crippen LogP contribution in [-0.4, -0.2) is 44.7 Å². The second-order valence-electron chi connectivity index (χ2n) is 8.81. The molecular formula is C24H30N2O4S. The highest BCUT2D eigenvalue weighted by Gasteiger charge is 2.36. The molecule has 7 heteroatoms. The van der Waals surface area contributed by atoms with E-state index in [1.165, 1.54) is 10.6 Å². The number of carbonyl (C=O) groups is 1. The van der Waals surface area contributed by atoms with Crippen LogP contribution >= 0.6 is 0 Å². The molecule has 0 saturated heterocycles. The summed E-state index contributed by atoms with van der Waals surface area (Å²) in [6.07, 6.45) is 4.14. The van der Waals surface area contributed by atoms with Crippen LogP contribution in [0.2, 0.25) is 0 Å². The molecule has 2 unspecified atom stereocenters. The van der Waals surface area contributed by atoms with Gasteiger partial charge in [0.2, 0.25) is 10.0 Å². The average molecular weight is 443 g/mol. The van der Waals surface area contributed by atoms with E-state index in [1.54, 1.807) is 19.2 Å². The van der Waals surface area contributed by atoms with Gasteiger partial charge in [-0.05, 0) is 80.5 Å². The highest BCUT2D eigenvalue weighted by molar-refractivity contribution is 7.92. The Morgan fingerprint density at radius 1 is 1.19 bits per heavy atom. The van der Waals surface area contributed by atoms with E-state index in [-0.39, 0.29) is 18.0 Å².